The van der Waals surface area contributed by atoms with Gasteiger partial charge in [-0.3, -0.25) is 9.59 Å². The summed E-state index contributed by atoms with van der Waals surface area (Å²) in [7, 11) is -3.88. The highest BCUT2D eigenvalue weighted by atomic mass is 32.2. The van der Waals surface area contributed by atoms with E-state index in [1.165, 1.54) is 33.5 Å². The highest BCUT2D eigenvalue weighted by Gasteiger charge is 2.31. The van der Waals surface area contributed by atoms with Gasteiger partial charge in [0.1, 0.15) is 16.5 Å². The largest absolute Gasteiger partial charge is 0.507 e. The quantitative estimate of drug-likeness (QED) is 0.732. The minimum Gasteiger partial charge on any atom is -0.507 e. The van der Waals surface area contributed by atoms with E-state index in [1.807, 2.05) is 0 Å². The molecule has 8 nitrogen and oxygen atoms in total. The Bertz CT molecular complexity index is 1050. The molecular weight excluding hydrogens is 413 g/mol. The fourth-order valence-corrected chi connectivity index (χ4v) is 4.71. The zero-order valence-corrected chi connectivity index (χ0v) is 17.2. The number of aryl methyl sites for hydroxylation is 1. The molecule has 160 valence electrons. The van der Waals surface area contributed by atoms with E-state index >= 15 is 0 Å². The number of carbonyl (C=O) groups excluding carboxylic acids is 2. The second kappa shape index (κ2) is 8.80. The lowest BCUT2D eigenvalue weighted by Crippen LogP contribution is -2.52. The minimum absolute atomic E-state index is 0.0767. The van der Waals surface area contributed by atoms with Gasteiger partial charge in [0.25, 0.3) is 5.91 Å². The van der Waals surface area contributed by atoms with Crippen LogP contribution in [0, 0.1) is 12.7 Å². The number of phenolic OH excluding ortho intramolecular Hbond substituents is 1. The molecule has 30 heavy (non-hydrogen) atoms. The second-order valence-corrected chi connectivity index (χ2v) is 8.85. The predicted molar refractivity (Wildman–Crippen MR) is 107 cm³/mol. The Hall–Kier alpha value is -2.98. The molecule has 0 saturated carbocycles. The van der Waals surface area contributed by atoms with Crippen LogP contribution in [-0.4, -0.2) is 67.3 Å². The molecule has 2 aromatic rings. The Morgan fingerprint density at radius 2 is 1.70 bits per heavy atom. The number of hydrogen-bond donors (Lipinski definition) is 2. The molecule has 1 heterocycles. The van der Waals surface area contributed by atoms with Gasteiger partial charge in [0.15, 0.2) is 0 Å². The number of nitrogens with one attached hydrogen (secondary N) is 1. The zero-order valence-electron chi connectivity index (χ0n) is 16.3. The first-order valence-corrected chi connectivity index (χ1v) is 10.7. The summed E-state index contributed by atoms with van der Waals surface area (Å²) in [5.74, 6) is -1.63. The van der Waals surface area contributed by atoms with E-state index in [-0.39, 0.29) is 54.8 Å². The third kappa shape index (κ3) is 4.77. The standard InChI is InChI=1S/C20H22FN3O5S/c1-14-2-7-17(25)18(12-14)30(28,29)24-10-8-23(9-11-24)19(26)13-22-20(27)15-3-5-16(21)6-4-15/h2-7,12,25H,8-11,13H2,1H3,(H,22,27). The number of carbonyl (C=O) groups is 2. The third-order valence-electron chi connectivity index (χ3n) is 4.83. The topological polar surface area (TPSA) is 107 Å². The Labute approximate surface area is 174 Å². The predicted octanol–water partition coefficient (Wildman–Crippen LogP) is 1.10. The summed E-state index contributed by atoms with van der Waals surface area (Å²) in [6.45, 7) is 1.96. The van der Waals surface area contributed by atoms with Crippen LogP contribution >= 0.6 is 0 Å². The number of hydrogen-bond acceptors (Lipinski definition) is 5. The number of benzene rings is 2. The molecule has 1 fully saturated rings. The van der Waals surface area contributed by atoms with Crippen molar-refractivity contribution in [2.75, 3.05) is 32.7 Å². The van der Waals surface area contributed by atoms with Gasteiger partial charge in [-0.15, -0.1) is 0 Å². The molecule has 2 N–H and O–H groups in total. The Balaban J connectivity index is 1.55. The molecule has 10 heteroatoms. The van der Waals surface area contributed by atoms with Crippen LogP contribution in [0.4, 0.5) is 4.39 Å². The molecule has 0 aromatic heterocycles. The maximum atomic E-state index is 12.9. The first kappa shape index (κ1) is 21.7. The normalized spacial score (nSPS) is 15.1. The molecular formula is C20H22FN3O5S. The molecule has 3 rings (SSSR count). The lowest BCUT2D eigenvalue weighted by molar-refractivity contribution is -0.131. The van der Waals surface area contributed by atoms with E-state index in [2.05, 4.69) is 5.32 Å². The summed E-state index contributed by atoms with van der Waals surface area (Å²) < 4.78 is 39.8. The number of piperazine rings is 1. The number of halogens is 1. The van der Waals surface area contributed by atoms with Crippen molar-refractivity contribution in [1.82, 2.24) is 14.5 Å². The van der Waals surface area contributed by atoms with Gasteiger partial charge in [-0.25, -0.2) is 12.8 Å². The second-order valence-electron chi connectivity index (χ2n) is 6.95. The Morgan fingerprint density at radius 1 is 1.07 bits per heavy atom. The van der Waals surface area contributed by atoms with Gasteiger partial charge in [-0.1, -0.05) is 6.07 Å². The number of phenols is 1. The average molecular weight is 435 g/mol. The van der Waals surface area contributed by atoms with E-state index in [0.29, 0.717) is 5.56 Å². The molecule has 0 aliphatic carbocycles. The van der Waals surface area contributed by atoms with Crippen LogP contribution in [0.3, 0.4) is 0 Å². The highest BCUT2D eigenvalue weighted by molar-refractivity contribution is 7.89. The van der Waals surface area contributed by atoms with Crippen molar-refractivity contribution in [3.63, 3.8) is 0 Å². The molecule has 0 unspecified atom stereocenters. The molecule has 1 aliphatic heterocycles. The van der Waals surface area contributed by atoms with Gasteiger partial charge in [-0.05, 0) is 48.9 Å². The van der Waals surface area contributed by atoms with E-state index in [9.17, 15) is 27.5 Å². The summed E-state index contributed by atoms with van der Waals surface area (Å²) in [6.07, 6.45) is 0. The average Bonchev–Trinajstić information content (AvgIpc) is 2.74. The van der Waals surface area contributed by atoms with Crippen molar-refractivity contribution in [3.05, 3.63) is 59.4 Å². The fraction of sp³-hybridized carbons (Fsp3) is 0.300. The molecule has 2 aromatic carbocycles. The summed E-state index contributed by atoms with van der Waals surface area (Å²) >= 11 is 0. The van der Waals surface area contributed by atoms with Gasteiger partial charge in [-0.2, -0.15) is 4.31 Å². The number of rotatable bonds is 5. The lowest BCUT2D eigenvalue weighted by atomic mass is 10.2. The van der Waals surface area contributed by atoms with Crippen LogP contribution in [0.1, 0.15) is 15.9 Å². The van der Waals surface area contributed by atoms with Crippen molar-refractivity contribution in [1.29, 1.82) is 0 Å². The van der Waals surface area contributed by atoms with Crippen LogP contribution in [0.5, 0.6) is 5.75 Å². The molecule has 0 atom stereocenters. The first-order chi connectivity index (χ1) is 14.2. The summed E-state index contributed by atoms with van der Waals surface area (Å²) in [5, 5.41) is 12.4. The summed E-state index contributed by atoms with van der Waals surface area (Å²) in [4.78, 5) is 25.7. The van der Waals surface area contributed by atoms with Crippen LogP contribution in [-0.2, 0) is 14.8 Å². The third-order valence-corrected chi connectivity index (χ3v) is 6.76. The van der Waals surface area contributed by atoms with E-state index in [1.54, 1.807) is 13.0 Å². The smallest absolute Gasteiger partial charge is 0.251 e. The molecule has 0 radical (unpaired) electrons. The van der Waals surface area contributed by atoms with Gasteiger partial charge in [0.05, 0.1) is 6.54 Å². The van der Waals surface area contributed by atoms with Gasteiger partial charge < -0.3 is 15.3 Å². The lowest BCUT2D eigenvalue weighted by Gasteiger charge is -2.34. The summed E-state index contributed by atoms with van der Waals surface area (Å²) in [6, 6.07) is 9.31. The molecule has 1 aliphatic rings. The minimum atomic E-state index is -3.88. The van der Waals surface area contributed by atoms with Crippen molar-refractivity contribution < 1.29 is 27.5 Å². The highest BCUT2D eigenvalue weighted by Crippen LogP contribution is 2.27. The van der Waals surface area contributed by atoms with E-state index in [4.69, 9.17) is 0 Å². The van der Waals surface area contributed by atoms with Crippen LogP contribution < -0.4 is 5.32 Å². The van der Waals surface area contributed by atoms with Crippen molar-refractivity contribution in [2.45, 2.75) is 11.8 Å². The van der Waals surface area contributed by atoms with Crippen LogP contribution in [0.2, 0.25) is 0 Å². The number of aromatic hydroxyl groups is 1. The zero-order chi connectivity index (χ0) is 21.9. The van der Waals surface area contributed by atoms with E-state index in [0.717, 1.165) is 12.1 Å². The van der Waals surface area contributed by atoms with Crippen molar-refractivity contribution in [2.24, 2.45) is 0 Å². The van der Waals surface area contributed by atoms with Gasteiger partial charge >= 0.3 is 0 Å². The molecule has 0 spiro atoms. The van der Waals surface area contributed by atoms with E-state index < -0.39 is 21.7 Å². The van der Waals surface area contributed by atoms with Crippen molar-refractivity contribution >= 4 is 21.8 Å². The Morgan fingerprint density at radius 3 is 2.33 bits per heavy atom. The number of amides is 2. The SMILES string of the molecule is Cc1ccc(O)c(S(=O)(=O)N2CCN(C(=O)CNC(=O)c3ccc(F)cc3)CC2)c1. The van der Waals surface area contributed by atoms with Crippen molar-refractivity contribution in [3.8, 4) is 5.75 Å². The number of nitrogens with zero attached hydrogens (tertiary/aromatic N) is 2. The maximum absolute atomic E-state index is 12.9. The molecule has 1 saturated heterocycles. The van der Waals surface area contributed by atoms with Crippen LogP contribution in [0.15, 0.2) is 47.4 Å². The Kier molecular flexibility index (Phi) is 6.37. The molecule has 0 bridgehead atoms. The summed E-state index contributed by atoms with van der Waals surface area (Å²) in [5.41, 5.74) is 0.940. The van der Waals surface area contributed by atoms with Gasteiger partial charge in [0.2, 0.25) is 15.9 Å². The van der Waals surface area contributed by atoms with Gasteiger partial charge in [0, 0.05) is 31.7 Å². The molecule has 2 amide bonds. The fourth-order valence-electron chi connectivity index (χ4n) is 3.12. The van der Waals surface area contributed by atoms with Crippen LogP contribution in [0.25, 0.3) is 0 Å². The number of sulfonamides is 1. The first-order valence-electron chi connectivity index (χ1n) is 9.30. The monoisotopic (exact) mass is 435 g/mol. The maximum Gasteiger partial charge on any atom is 0.251 e.